The van der Waals surface area contributed by atoms with Crippen molar-refractivity contribution in [2.75, 3.05) is 0 Å². The van der Waals surface area contributed by atoms with Crippen LogP contribution in [0.15, 0.2) is 46.9 Å². The van der Waals surface area contributed by atoms with Gasteiger partial charge in [0.25, 0.3) is 0 Å². The predicted octanol–water partition coefficient (Wildman–Crippen LogP) is 4.13. The lowest BCUT2D eigenvalue weighted by Crippen LogP contribution is -2.09. The Labute approximate surface area is 146 Å². The largest absolute Gasteiger partial charge is 0.423 e. The fraction of sp³-hybridized carbons (Fsp3) is 0. The maximum atomic E-state index is 12.2. The van der Waals surface area contributed by atoms with E-state index in [2.05, 4.69) is 10.2 Å². The van der Waals surface area contributed by atoms with E-state index in [1.54, 1.807) is 18.2 Å². The molecule has 0 spiro atoms. The third-order valence-electron chi connectivity index (χ3n) is 3.03. The van der Waals surface area contributed by atoms with E-state index in [1.165, 1.54) is 24.3 Å². The summed E-state index contributed by atoms with van der Waals surface area (Å²) in [5, 5.41) is 16.1. The number of hydrogen-bond donors (Lipinski definition) is 0. The van der Waals surface area contributed by atoms with Gasteiger partial charge in [-0.1, -0.05) is 16.7 Å². The highest BCUT2D eigenvalue weighted by molar-refractivity contribution is 6.34. The third kappa shape index (κ3) is 3.38. The number of aromatic nitrogens is 2. The molecule has 8 heteroatoms. The monoisotopic (exact) mass is 359 g/mol. The summed E-state index contributed by atoms with van der Waals surface area (Å²) in [4.78, 5) is 12.2. The molecule has 0 fully saturated rings. The standard InChI is InChI=1S/C16H7Cl2N3O3/c17-13-7-10(14-20-21-16(18)24-14)3-6-12(13)15(22)23-11-4-1-9(8-19)2-5-11/h1-7H. The molecule has 24 heavy (non-hydrogen) atoms. The Kier molecular flexibility index (Phi) is 4.47. The number of nitrogens with zero attached hydrogens (tertiary/aromatic N) is 3. The van der Waals surface area contributed by atoms with Crippen molar-refractivity contribution < 1.29 is 13.9 Å². The second-order valence-corrected chi connectivity index (χ2v) is 5.31. The summed E-state index contributed by atoms with van der Waals surface area (Å²) in [7, 11) is 0. The number of benzene rings is 2. The van der Waals surface area contributed by atoms with Gasteiger partial charge in [-0.3, -0.25) is 0 Å². The summed E-state index contributed by atoms with van der Waals surface area (Å²) >= 11 is 11.7. The molecule has 0 amide bonds. The minimum absolute atomic E-state index is 0.0922. The van der Waals surface area contributed by atoms with E-state index < -0.39 is 5.97 Å². The smallest absolute Gasteiger partial charge is 0.345 e. The average molecular weight is 360 g/mol. The number of nitriles is 1. The van der Waals surface area contributed by atoms with Gasteiger partial charge >= 0.3 is 11.3 Å². The zero-order valence-electron chi connectivity index (χ0n) is 11.9. The Morgan fingerprint density at radius 2 is 1.88 bits per heavy atom. The van der Waals surface area contributed by atoms with Gasteiger partial charge in [0.2, 0.25) is 5.89 Å². The lowest BCUT2D eigenvalue weighted by atomic mass is 10.1. The van der Waals surface area contributed by atoms with Crippen molar-refractivity contribution in [3.63, 3.8) is 0 Å². The van der Waals surface area contributed by atoms with Crippen LogP contribution in [-0.2, 0) is 0 Å². The van der Waals surface area contributed by atoms with Crippen LogP contribution in [0.3, 0.4) is 0 Å². The third-order valence-corrected chi connectivity index (χ3v) is 3.50. The number of carbonyl (C=O) groups excluding carboxylic acids is 1. The Balaban J connectivity index is 1.81. The molecule has 3 rings (SSSR count). The van der Waals surface area contributed by atoms with Gasteiger partial charge < -0.3 is 9.15 Å². The highest BCUT2D eigenvalue weighted by Crippen LogP contribution is 2.26. The molecule has 1 aromatic heterocycles. The van der Waals surface area contributed by atoms with Gasteiger partial charge in [-0.05, 0) is 54.1 Å². The van der Waals surface area contributed by atoms with Gasteiger partial charge in [-0.25, -0.2) is 4.79 Å². The van der Waals surface area contributed by atoms with E-state index in [9.17, 15) is 4.79 Å². The van der Waals surface area contributed by atoms with Gasteiger partial charge in [-0.2, -0.15) is 5.26 Å². The van der Waals surface area contributed by atoms with Crippen LogP contribution in [0.1, 0.15) is 15.9 Å². The van der Waals surface area contributed by atoms with Gasteiger partial charge in [0, 0.05) is 5.56 Å². The molecular weight excluding hydrogens is 353 g/mol. The molecule has 0 radical (unpaired) electrons. The van der Waals surface area contributed by atoms with Crippen LogP contribution in [-0.4, -0.2) is 16.2 Å². The Hall–Kier alpha value is -2.88. The highest BCUT2D eigenvalue weighted by Gasteiger charge is 2.16. The molecule has 0 bridgehead atoms. The zero-order valence-corrected chi connectivity index (χ0v) is 13.4. The predicted molar refractivity (Wildman–Crippen MR) is 85.9 cm³/mol. The van der Waals surface area contributed by atoms with Gasteiger partial charge in [0.15, 0.2) is 0 Å². The van der Waals surface area contributed by atoms with Crippen molar-refractivity contribution in [2.45, 2.75) is 0 Å². The summed E-state index contributed by atoms with van der Waals surface area (Å²) in [5.74, 6) is -0.128. The number of carbonyl (C=O) groups is 1. The van der Waals surface area contributed by atoms with Crippen molar-refractivity contribution in [1.82, 2.24) is 10.2 Å². The first kappa shape index (κ1) is 16.0. The lowest BCUT2D eigenvalue weighted by molar-refractivity contribution is 0.0735. The maximum absolute atomic E-state index is 12.2. The molecular formula is C16H7Cl2N3O3. The van der Waals surface area contributed by atoms with E-state index >= 15 is 0 Å². The maximum Gasteiger partial charge on any atom is 0.345 e. The van der Waals surface area contributed by atoms with E-state index in [-0.39, 0.29) is 21.8 Å². The number of ether oxygens (including phenoxy) is 1. The number of halogens is 2. The molecule has 0 aliphatic carbocycles. The van der Waals surface area contributed by atoms with Crippen molar-refractivity contribution >= 4 is 29.2 Å². The molecule has 0 unspecified atom stereocenters. The number of esters is 1. The SMILES string of the molecule is N#Cc1ccc(OC(=O)c2ccc(-c3nnc(Cl)o3)cc2Cl)cc1. The normalized spacial score (nSPS) is 10.2. The van der Waals surface area contributed by atoms with Crippen molar-refractivity contribution in [3.8, 4) is 23.3 Å². The summed E-state index contributed by atoms with van der Waals surface area (Å²) in [6, 6.07) is 12.7. The zero-order chi connectivity index (χ0) is 17.1. The molecule has 2 aromatic carbocycles. The van der Waals surface area contributed by atoms with Crippen LogP contribution in [0, 0.1) is 11.3 Å². The van der Waals surface area contributed by atoms with Crippen LogP contribution < -0.4 is 4.74 Å². The van der Waals surface area contributed by atoms with Gasteiger partial charge in [-0.15, -0.1) is 5.10 Å². The number of rotatable bonds is 3. The first-order chi connectivity index (χ1) is 11.6. The molecule has 6 nitrogen and oxygen atoms in total. The molecule has 0 atom stereocenters. The van der Waals surface area contributed by atoms with Crippen molar-refractivity contribution in [3.05, 3.63) is 64.0 Å². The first-order valence-corrected chi connectivity index (χ1v) is 7.33. The Morgan fingerprint density at radius 3 is 2.46 bits per heavy atom. The first-order valence-electron chi connectivity index (χ1n) is 6.58. The topological polar surface area (TPSA) is 89.0 Å². The van der Waals surface area contributed by atoms with E-state index in [0.717, 1.165) is 0 Å². The second-order valence-electron chi connectivity index (χ2n) is 4.58. The number of hydrogen-bond acceptors (Lipinski definition) is 6. The fourth-order valence-electron chi connectivity index (χ4n) is 1.90. The molecule has 118 valence electrons. The lowest BCUT2D eigenvalue weighted by Gasteiger charge is -2.06. The van der Waals surface area contributed by atoms with Crippen molar-refractivity contribution in [2.24, 2.45) is 0 Å². The highest BCUT2D eigenvalue weighted by atomic mass is 35.5. The Bertz CT molecular complexity index is 946. The van der Waals surface area contributed by atoms with Crippen LogP contribution >= 0.6 is 23.2 Å². The average Bonchev–Trinajstić information content (AvgIpc) is 3.02. The minimum atomic E-state index is -0.625. The fourth-order valence-corrected chi connectivity index (χ4v) is 2.26. The quantitative estimate of drug-likeness (QED) is 0.515. The second kappa shape index (κ2) is 6.71. The molecule has 0 saturated heterocycles. The molecule has 0 N–H and O–H groups in total. The minimum Gasteiger partial charge on any atom is -0.423 e. The van der Waals surface area contributed by atoms with E-state index in [0.29, 0.717) is 16.9 Å². The molecule has 0 aliphatic rings. The Morgan fingerprint density at radius 1 is 1.12 bits per heavy atom. The van der Waals surface area contributed by atoms with Crippen LogP contribution in [0.25, 0.3) is 11.5 Å². The molecule has 0 saturated carbocycles. The van der Waals surface area contributed by atoms with E-state index in [4.69, 9.17) is 37.6 Å². The summed E-state index contributed by atoms with van der Waals surface area (Å²) in [5.41, 5.74) is 1.17. The summed E-state index contributed by atoms with van der Waals surface area (Å²) in [6.07, 6.45) is 0. The van der Waals surface area contributed by atoms with Crippen molar-refractivity contribution in [1.29, 1.82) is 5.26 Å². The van der Waals surface area contributed by atoms with E-state index in [1.807, 2.05) is 6.07 Å². The molecule has 1 heterocycles. The summed E-state index contributed by atoms with van der Waals surface area (Å²) in [6.45, 7) is 0. The molecule has 3 aromatic rings. The van der Waals surface area contributed by atoms with Crippen LogP contribution in [0.2, 0.25) is 10.4 Å². The summed E-state index contributed by atoms with van der Waals surface area (Å²) < 4.78 is 10.3. The molecule has 0 aliphatic heterocycles. The van der Waals surface area contributed by atoms with Gasteiger partial charge in [0.1, 0.15) is 5.75 Å². The van der Waals surface area contributed by atoms with Crippen LogP contribution in [0.4, 0.5) is 0 Å². The van der Waals surface area contributed by atoms with Crippen LogP contribution in [0.5, 0.6) is 5.75 Å². The van der Waals surface area contributed by atoms with Gasteiger partial charge in [0.05, 0.1) is 22.2 Å².